The standard InChI is InChI=1S/C21H33N3O3/c1-17(2)23-12-10-22(11-13-23)15-21(27)16-24(9-8-19(21)25)20(26)14-18-6-4-3-5-7-18/h3-7,17,19,25,27H,8-16H2,1-2H3/t19-,21+/m0/s1. The molecule has 2 N–H and O–H groups in total. The number of hydrogen-bond donors (Lipinski definition) is 2. The number of nitrogens with zero attached hydrogens (tertiary/aromatic N) is 3. The van der Waals surface area contributed by atoms with Crippen LogP contribution in [0, 0.1) is 0 Å². The Hall–Kier alpha value is -1.47. The number of carbonyl (C=O) groups excluding carboxylic acids is 1. The summed E-state index contributed by atoms with van der Waals surface area (Å²) in [7, 11) is 0. The molecule has 1 aromatic carbocycles. The van der Waals surface area contributed by atoms with E-state index in [9.17, 15) is 15.0 Å². The Labute approximate surface area is 162 Å². The molecule has 0 aliphatic carbocycles. The van der Waals surface area contributed by atoms with E-state index in [0.717, 1.165) is 31.7 Å². The van der Waals surface area contributed by atoms with Crippen molar-refractivity contribution < 1.29 is 15.0 Å². The highest BCUT2D eigenvalue weighted by atomic mass is 16.3. The Morgan fingerprint density at radius 3 is 2.44 bits per heavy atom. The van der Waals surface area contributed by atoms with Gasteiger partial charge in [0.05, 0.1) is 19.1 Å². The fourth-order valence-electron chi connectivity index (χ4n) is 4.14. The average molecular weight is 376 g/mol. The zero-order valence-electron chi connectivity index (χ0n) is 16.5. The Kier molecular flexibility index (Phi) is 6.52. The van der Waals surface area contributed by atoms with Gasteiger partial charge < -0.3 is 15.1 Å². The molecule has 1 amide bonds. The molecule has 2 atom stereocenters. The highest BCUT2D eigenvalue weighted by Crippen LogP contribution is 2.24. The number of amides is 1. The first-order chi connectivity index (χ1) is 12.9. The molecule has 0 saturated carbocycles. The van der Waals surface area contributed by atoms with Crippen molar-refractivity contribution in [1.29, 1.82) is 0 Å². The van der Waals surface area contributed by atoms with E-state index in [1.807, 2.05) is 30.3 Å². The average Bonchev–Trinajstić information content (AvgIpc) is 2.65. The second-order valence-corrected chi connectivity index (χ2v) is 8.29. The van der Waals surface area contributed by atoms with Crippen LogP contribution in [0.4, 0.5) is 0 Å². The van der Waals surface area contributed by atoms with Gasteiger partial charge in [-0.1, -0.05) is 30.3 Å². The monoisotopic (exact) mass is 375 g/mol. The van der Waals surface area contributed by atoms with Crippen LogP contribution in [0.5, 0.6) is 0 Å². The normalized spacial score (nSPS) is 27.9. The molecule has 2 heterocycles. The summed E-state index contributed by atoms with van der Waals surface area (Å²) in [5, 5.41) is 21.6. The third kappa shape index (κ3) is 5.08. The second-order valence-electron chi connectivity index (χ2n) is 8.29. The molecule has 150 valence electrons. The molecule has 2 fully saturated rings. The van der Waals surface area contributed by atoms with Crippen LogP contribution in [-0.4, -0.2) is 94.4 Å². The van der Waals surface area contributed by atoms with Gasteiger partial charge in [0.2, 0.25) is 5.91 Å². The van der Waals surface area contributed by atoms with Crippen molar-refractivity contribution in [3.63, 3.8) is 0 Å². The molecule has 2 aliphatic rings. The van der Waals surface area contributed by atoms with Gasteiger partial charge in [0.1, 0.15) is 5.60 Å². The van der Waals surface area contributed by atoms with Gasteiger partial charge in [-0.05, 0) is 25.8 Å². The second kappa shape index (κ2) is 8.69. The van der Waals surface area contributed by atoms with Crippen LogP contribution in [0.15, 0.2) is 30.3 Å². The third-order valence-corrected chi connectivity index (χ3v) is 5.94. The Bertz CT molecular complexity index is 616. The van der Waals surface area contributed by atoms with Crippen LogP contribution >= 0.6 is 0 Å². The first-order valence-corrected chi connectivity index (χ1v) is 10.1. The summed E-state index contributed by atoms with van der Waals surface area (Å²) in [6.07, 6.45) is -0.0373. The summed E-state index contributed by atoms with van der Waals surface area (Å²) in [6.45, 7) is 9.21. The van der Waals surface area contributed by atoms with E-state index in [4.69, 9.17) is 0 Å². The van der Waals surface area contributed by atoms with Crippen LogP contribution < -0.4 is 0 Å². The van der Waals surface area contributed by atoms with Gasteiger partial charge in [-0.3, -0.25) is 14.6 Å². The number of rotatable bonds is 5. The van der Waals surface area contributed by atoms with Crippen molar-refractivity contribution in [2.24, 2.45) is 0 Å². The summed E-state index contributed by atoms with van der Waals surface area (Å²) >= 11 is 0. The van der Waals surface area contributed by atoms with Crippen molar-refractivity contribution in [2.45, 2.75) is 44.4 Å². The first-order valence-electron chi connectivity index (χ1n) is 10.1. The summed E-state index contributed by atoms with van der Waals surface area (Å²) in [4.78, 5) is 19.0. The van der Waals surface area contributed by atoms with Crippen LogP contribution in [-0.2, 0) is 11.2 Å². The first kappa shape index (κ1) is 20.3. The van der Waals surface area contributed by atoms with E-state index >= 15 is 0 Å². The minimum atomic E-state index is -1.26. The Balaban J connectivity index is 1.58. The van der Waals surface area contributed by atoms with E-state index in [0.29, 0.717) is 32.0 Å². The Morgan fingerprint density at radius 2 is 1.81 bits per heavy atom. The minimum absolute atomic E-state index is 0.0103. The van der Waals surface area contributed by atoms with Gasteiger partial charge in [0, 0.05) is 45.3 Å². The van der Waals surface area contributed by atoms with Gasteiger partial charge in [-0.25, -0.2) is 0 Å². The number of hydrogen-bond acceptors (Lipinski definition) is 5. The van der Waals surface area contributed by atoms with Crippen molar-refractivity contribution in [2.75, 3.05) is 45.8 Å². The van der Waals surface area contributed by atoms with E-state index in [1.54, 1.807) is 4.90 Å². The molecule has 3 rings (SSSR count). The topological polar surface area (TPSA) is 67.2 Å². The summed E-state index contributed by atoms with van der Waals surface area (Å²) in [6, 6.07) is 10.2. The summed E-state index contributed by atoms with van der Waals surface area (Å²) < 4.78 is 0. The maximum atomic E-state index is 12.7. The molecule has 1 aromatic rings. The van der Waals surface area contributed by atoms with Crippen LogP contribution in [0.2, 0.25) is 0 Å². The van der Waals surface area contributed by atoms with Crippen LogP contribution in [0.3, 0.4) is 0 Å². The molecule has 2 aliphatic heterocycles. The number of aliphatic hydroxyl groups excluding tert-OH is 1. The fourth-order valence-corrected chi connectivity index (χ4v) is 4.14. The lowest BCUT2D eigenvalue weighted by atomic mass is 9.88. The molecule has 0 spiro atoms. The van der Waals surface area contributed by atoms with Gasteiger partial charge in [0.25, 0.3) is 0 Å². The third-order valence-electron chi connectivity index (χ3n) is 5.94. The van der Waals surface area contributed by atoms with Crippen LogP contribution in [0.1, 0.15) is 25.8 Å². The van der Waals surface area contributed by atoms with Crippen molar-refractivity contribution in [1.82, 2.24) is 14.7 Å². The zero-order chi connectivity index (χ0) is 19.4. The lowest BCUT2D eigenvalue weighted by molar-refractivity contribution is -0.156. The van der Waals surface area contributed by atoms with E-state index in [2.05, 4.69) is 23.6 Å². The maximum absolute atomic E-state index is 12.7. The van der Waals surface area contributed by atoms with E-state index < -0.39 is 11.7 Å². The SMILES string of the molecule is CC(C)N1CCN(C[C@@]2(O)CN(C(=O)Cc3ccccc3)CC[C@@H]2O)CC1. The Morgan fingerprint density at radius 1 is 1.15 bits per heavy atom. The molecule has 0 bridgehead atoms. The van der Waals surface area contributed by atoms with Crippen LogP contribution in [0.25, 0.3) is 0 Å². The number of aliphatic hydroxyl groups is 2. The number of benzene rings is 1. The molecule has 27 heavy (non-hydrogen) atoms. The van der Waals surface area contributed by atoms with Gasteiger partial charge in [-0.2, -0.15) is 0 Å². The zero-order valence-corrected chi connectivity index (χ0v) is 16.5. The minimum Gasteiger partial charge on any atom is -0.390 e. The van der Waals surface area contributed by atoms with E-state index in [1.165, 1.54) is 0 Å². The predicted molar refractivity (Wildman–Crippen MR) is 105 cm³/mol. The number of piperazine rings is 1. The maximum Gasteiger partial charge on any atom is 0.227 e. The number of β-amino-alcohol motifs (C(OH)–C–C–N with tert-alkyl or cyclic N) is 1. The lowest BCUT2D eigenvalue weighted by Gasteiger charge is -2.46. The smallest absolute Gasteiger partial charge is 0.227 e. The number of piperidine rings is 1. The van der Waals surface area contributed by atoms with Crippen molar-refractivity contribution in [3.05, 3.63) is 35.9 Å². The quantitative estimate of drug-likeness (QED) is 0.788. The molecule has 6 nitrogen and oxygen atoms in total. The van der Waals surface area contributed by atoms with Gasteiger partial charge in [-0.15, -0.1) is 0 Å². The molecule has 0 aromatic heterocycles. The fraction of sp³-hybridized carbons (Fsp3) is 0.667. The molecule has 2 saturated heterocycles. The highest BCUT2D eigenvalue weighted by molar-refractivity contribution is 5.79. The predicted octanol–water partition coefficient (Wildman–Crippen LogP) is 0.579. The molecular formula is C21H33N3O3. The molecule has 0 radical (unpaired) electrons. The van der Waals surface area contributed by atoms with Gasteiger partial charge >= 0.3 is 0 Å². The van der Waals surface area contributed by atoms with Gasteiger partial charge in [0.15, 0.2) is 0 Å². The van der Waals surface area contributed by atoms with Crippen molar-refractivity contribution >= 4 is 5.91 Å². The summed E-state index contributed by atoms with van der Waals surface area (Å²) in [5.74, 6) is 0.0103. The summed E-state index contributed by atoms with van der Waals surface area (Å²) in [5.41, 5.74) is -0.285. The molecular weight excluding hydrogens is 342 g/mol. The number of likely N-dealkylation sites (tertiary alicyclic amines) is 1. The molecule has 6 heteroatoms. The van der Waals surface area contributed by atoms with E-state index in [-0.39, 0.29) is 12.5 Å². The largest absolute Gasteiger partial charge is 0.390 e. The highest BCUT2D eigenvalue weighted by Gasteiger charge is 2.43. The molecule has 0 unspecified atom stereocenters. The number of carbonyl (C=O) groups is 1. The lowest BCUT2D eigenvalue weighted by Crippen LogP contribution is -2.64. The van der Waals surface area contributed by atoms with Crippen molar-refractivity contribution in [3.8, 4) is 0 Å².